The van der Waals surface area contributed by atoms with Gasteiger partial charge in [0, 0.05) is 30.7 Å². The minimum absolute atomic E-state index is 0.0547. The van der Waals surface area contributed by atoms with Crippen LogP contribution >= 0.6 is 23.5 Å². The second-order valence-corrected chi connectivity index (χ2v) is 10.6. The molecule has 170 valence electrons. The van der Waals surface area contributed by atoms with E-state index in [-0.39, 0.29) is 5.78 Å². The van der Waals surface area contributed by atoms with Crippen LogP contribution in [0.3, 0.4) is 0 Å². The zero-order valence-electron chi connectivity index (χ0n) is 19.3. The van der Waals surface area contributed by atoms with Gasteiger partial charge in [-0.3, -0.25) is 4.79 Å². The Bertz CT molecular complexity index is 1410. The summed E-state index contributed by atoms with van der Waals surface area (Å²) in [6.07, 6.45) is 0. The molecule has 0 aromatic heterocycles. The second-order valence-electron chi connectivity index (χ2n) is 8.29. The van der Waals surface area contributed by atoms with Crippen molar-refractivity contribution in [1.29, 1.82) is 0 Å². The number of hydrogen-bond acceptors (Lipinski definition) is 3. The Morgan fingerprint density at radius 3 is 1.29 bits per heavy atom. The molecule has 0 atom stereocenters. The number of hydrogen-bond donors (Lipinski definition) is 0. The smallest absolute Gasteiger partial charge is 0.193 e. The molecule has 0 N–H and O–H groups in total. The average molecular weight is 489 g/mol. The van der Waals surface area contributed by atoms with Gasteiger partial charge in [0.05, 0.1) is 0 Å². The van der Waals surface area contributed by atoms with E-state index < -0.39 is 0 Å². The molecular formula is C32H24OS2. The lowest BCUT2D eigenvalue weighted by molar-refractivity contribution is 0.103. The lowest BCUT2D eigenvalue weighted by atomic mass is 10.0. The molecule has 0 amide bonds. The van der Waals surface area contributed by atoms with Gasteiger partial charge in [0.1, 0.15) is 0 Å². The summed E-state index contributed by atoms with van der Waals surface area (Å²) in [5, 5.41) is 0. The maximum absolute atomic E-state index is 12.7. The summed E-state index contributed by atoms with van der Waals surface area (Å²) in [7, 11) is 0. The Balaban J connectivity index is 1.22. The molecule has 0 radical (unpaired) electrons. The topological polar surface area (TPSA) is 17.1 Å². The van der Waals surface area contributed by atoms with Crippen molar-refractivity contribution < 1.29 is 4.79 Å². The van der Waals surface area contributed by atoms with E-state index in [4.69, 9.17) is 0 Å². The van der Waals surface area contributed by atoms with Crippen LogP contribution in [0.1, 0.15) is 21.5 Å². The highest BCUT2D eigenvalue weighted by Crippen LogP contribution is 2.32. The van der Waals surface area contributed by atoms with Crippen molar-refractivity contribution in [2.75, 3.05) is 0 Å². The maximum Gasteiger partial charge on any atom is 0.193 e. The van der Waals surface area contributed by atoms with Crippen LogP contribution in [-0.2, 0) is 0 Å². The van der Waals surface area contributed by atoms with Gasteiger partial charge in [0.15, 0.2) is 5.78 Å². The van der Waals surface area contributed by atoms with Crippen LogP contribution in [0.25, 0.3) is 11.1 Å². The van der Waals surface area contributed by atoms with E-state index in [1.54, 1.807) is 23.5 Å². The van der Waals surface area contributed by atoms with Crippen molar-refractivity contribution in [3.8, 4) is 11.1 Å². The molecule has 0 unspecified atom stereocenters. The predicted molar refractivity (Wildman–Crippen MR) is 148 cm³/mol. The Morgan fingerprint density at radius 2 is 0.829 bits per heavy atom. The molecule has 3 heteroatoms. The van der Waals surface area contributed by atoms with Crippen molar-refractivity contribution >= 4 is 29.3 Å². The normalized spacial score (nSPS) is 10.8. The van der Waals surface area contributed by atoms with Crippen LogP contribution in [0.15, 0.2) is 147 Å². The summed E-state index contributed by atoms with van der Waals surface area (Å²) in [5.74, 6) is 0.0547. The van der Waals surface area contributed by atoms with Crippen molar-refractivity contribution in [2.24, 2.45) is 0 Å². The van der Waals surface area contributed by atoms with E-state index in [0.29, 0.717) is 5.56 Å². The third-order valence-electron chi connectivity index (χ3n) is 5.69. The third kappa shape index (κ3) is 5.94. The Labute approximate surface area is 215 Å². The lowest BCUT2D eigenvalue weighted by Gasteiger charge is -2.07. The van der Waals surface area contributed by atoms with Crippen molar-refractivity contribution in [3.05, 3.63) is 144 Å². The van der Waals surface area contributed by atoms with Gasteiger partial charge in [-0.25, -0.2) is 0 Å². The van der Waals surface area contributed by atoms with E-state index in [1.165, 1.54) is 25.8 Å². The number of benzene rings is 5. The summed E-state index contributed by atoms with van der Waals surface area (Å²) in [4.78, 5) is 17.5. The highest BCUT2D eigenvalue weighted by Gasteiger charge is 2.09. The first kappa shape index (κ1) is 23.2. The van der Waals surface area contributed by atoms with Gasteiger partial charge in [0.2, 0.25) is 0 Å². The van der Waals surface area contributed by atoms with Crippen molar-refractivity contribution in [2.45, 2.75) is 26.5 Å². The van der Waals surface area contributed by atoms with E-state index in [2.05, 4.69) is 72.8 Å². The summed E-state index contributed by atoms with van der Waals surface area (Å²) < 4.78 is 0. The highest BCUT2D eigenvalue weighted by atomic mass is 32.2. The monoisotopic (exact) mass is 488 g/mol. The quantitative estimate of drug-likeness (QED) is 0.213. The van der Waals surface area contributed by atoms with Crippen molar-refractivity contribution in [3.63, 3.8) is 0 Å². The van der Waals surface area contributed by atoms with Crippen LogP contribution < -0.4 is 0 Å². The first-order valence-electron chi connectivity index (χ1n) is 11.5. The number of ketones is 1. The zero-order valence-corrected chi connectivity index (χ0v) is 21.0. The minimum atomic E-state index is 0.0547. The van der Waals surface area contributed by atoms with Crippen LogP contribution in [0, 0.1) is 6.92 Å². The van der Waals surface area contributed by atoms with Gasteiger partial charge < -0.3 is 0 Å². The molecule has 0 aliphatic carbocycles. The summed E-state index contributed by atoms with van der Waals surface area (Å²) >= 11 is 3.47. The number of carbonyl (C=O) groups is 1. The number of carbonyl (C=O) groups excluding carboxylic acids is 1. The number of aryl methyl sites for hydroxylation is 1. The number of rotatable bonds is 7. The summed E-state index contributed by atoms with van der Waals surface area (Å²) in [6, 6.07) is 43.3. The molecule has 0 fully saturated rings. The Kier molecular flexibility index (Phi) is 7.17. The fourth-order valence-corrected chi connectivity index (χ4v) is 5.39. The van der Waals surface area contributed by atoms with E-state index in [0.717, 1.165) is 16.0 Å². The van der Waals surface area contributed by atoms with Crippen LogP contribution in [-0.4, -0.2) is 5.78 Å². The summed E-state index contributed by atoms with van der Waals surface area (Å²) in [6.45, 7) is 2.02. The molecule has 0 saturated heterocycles. The molecule has 5 rings (SSSR count). The van der Waals surface area contributed by atoms with Gasteiger partial charge in [0.25, 0.3) is 0 Å². The fourth-order valence-electron chi connectivity index (χ4n) is 3.74. The maximum atomic E-state index is 12.7. The molecule has 0 spiro atoms. The third-order valence-corrected chi connectivity index (χ3v) is 7.72. The van der Waals surface area contributed by atoms with Gasteiger partial charge >= 0.3 is 0 Å². The molecule has 35 heavy (non-hydrogen) atoms. The minimum Gasteiger partial charge on any atom is -0.289 e. The van der Waals surface area contributed by atoms with Crippen LogP contribution in [0.2, 0.25) is 0 Å². The van der Waals surface area contributed by atoms with Gasteiger partial charge in [-0.1, -0.05) is 95.8 Å². The molecule has 0 saturated carbocycles. The SMILES string of the molecule is Cc1ccc(C(=O)c2ccc(Sc3ccc(-c4ccc(Sc5ccccc5)cc4)cc3)cc2)cc1. The second kappa shape index (κ2) is 10.8. The van der Waals surface area contributed by atoms with E-state index >= 15 is 0 Å². The van der Waals surface area contributed by atoms with E-state index in [9.17, 15) is 4.79 Å². The molecule has 5 aromatic rings. The molecule has 5 aromatic carbocycles. The first-order valence-corrected chi connectivity index (χ1v) is 13.1. The average Bonchev–Trinajstić information content (AvgIpc) is 2.91. The van der Waals surface area contributed by atoms with Crippen LogP contribution in [0.5, 0.6) is 0 Å². The molecule has 1 nitrogen and oxygen atoms in total. The predicted octanol–water partition coefficient (Wildman–Crippen LogP) is 9.20. The Hall–Kier alpha value is -3.53. The Morgan fingerprint density at radius 1 is 0.457 bits per heavy atom. The highest BCUT2D eigenvalue weighted by molar-refractivity contribution is 7.99. The fraction of sp³-hybridized carbons (Fsp3) is 0.0312. The molecule has 0 heterocycles. The van der Waals surface area contributed by atoms with Gasteiger partial charge in [-0.05, 0) is 78.7 Å². The van der Waals surface area contributed by atoms with Gasteiger partial charge in [-0.15, -0.1) is 0 Å². The summed E-state index contributed by atoms with van der Waals surface area (Å²) in [5.41, 5.74) is 4.99. The standard InChI is InChI=1S/C32H24OS2/c1-23-7-9-26(10-8-23)32(33)27-15-21-31(22-16-27)35-30-19-13-25(14-20-30)24-11-17-29(18-12-24)34-28-5-3-2-4-6-28/h2-22H,1H3. The largest absolute Gasteiger partial charge is 0.289 e. The first-order chi connectivity index (χ1) is 17.1. The van der Waals surface area contributed by atoms with Crippen molar-refractivity contribution in [1.82, 2.24) is 0 Å². The lowest BCUT2D eigenvalue weighted by Crippen LogP contribution is -2.00. The van der Waals surface area contributed by atoms with Crippen LogP contribution in [0.4, 0.5) is 0 Å². The van der Waals surface area contributed by atoms with Gasteiger partial charge in [-0.2, -0.15) is 0 Å². The van der Waals surface area contributed by atoms with E-state index in [1.807, 2.05) is 61.5 Å². The molecule has 0 aliphatic heterocycles. The molecular weight excluding hydrogens is 464 g/mol. The zero-order chi connectivity index (χ0) is 24.0. The molecule has 0 bridgehead atoms. The molecule has 0 aliphatic rings.